The minimum Gasteiger partial charge on any atom is -0.492 e. The fourth-order valence-electron chi connectivity index (χ4n) is 2.74. The van der Waals surface area contributed by atoms with Crippen molar-refractivity contribution in [3.05, 3.63) is 60.2 Å². The molecule has 1 atom stereocenters. The van der Waals surface area contributed by atoms with Crippen LogP contribution in [-0.2, 0) is 4.79 Å². The number of anilines is 1. The smallest absolute Gasteiger partial charge is 0.332 e. The van der Waals surface area contributed by atoms with Crippen LogP contribution in [0.4, 0.5) is 10.5 Å². The van der Waals surface area contributed by atoms with Crippen molar-refractivity contribution < 1.29 is 14.3 Å². The minimum absolute atomic E-state index is 0.197. The Morgan fingerprint density at radius 3 is 2.33 bits per heavy atom. The molecule has 1 saturated heterocycles. The predicted octanol–water partition coefficient (Wildman–Crippen LogP) is 3.23. The van der Waals surface area contributed by atoms with Gasteiger partial charge in [-0.1, -0.05) is 35.9 Å². The SMILES string of the molecule is Cc1ccc(N2C(=O)N(CCOc3ccccc3)C(=O)C2C)cc1. The van der Waals surface area contributed by atoms with E-state index in [2.05, 4.69) is 0 Å². The molecule has 2 aromatic carbocycles. The zero-order valence-electron chi connectivity index (χ0n) is 13.8. The van der Waals surface area contributed by atoms with Crippen LogP contribution >= 0.6 is 0 Å². The van der Waals surface area contributed by atoms with Gasteiger partial charge >= 0.3 is 6.03 Å². The normalized spacial score (nSPS) is 17.5. The highest BCUT2D eigenvalue weighted by Crippen LogP contribution is 2.26. The third-order valence-corrected chi connectivity index (χ3v) is 4.09. The first-order valence-electron chi connectivity index (χ1n) is 7.97. The summed E-state index contributed by atoms with van der Waals surface area (Å²) in [7, 11) is 0. The molecule has 1 aliphatic rings. The molecule has 3 rings (SSSR count). The average Bonchev–Trinajstić information content (AvgIpc) is 2.80. The number of urea groups is 1. The first-order chi connectivity index (χ1) is 11.6. The molecule has 0 aromatic heterocycles. The van der Waals surface area contributed by atoms with Crippen LogP contribution in [0.3, 0.4) is 0 Å². The van der Waals surface area contributed by atoms with E-state index in [1.165, 1.54) is 9.80 Å². The maximum Gasteiger partial charge on any atom is 0.332 e. The Morgan fingerprint density at radius 2 is 1.67 bits per heavy atom. The van der Waals surface area contributed by atoms with Crippen LogP contribution in [-0.4, -0.2) is 36.0 Å². The minimum atomic E-state index is -0.503. The molecular weight excluding hydrogens is 304 g/mol. The van der Waals surface area contributed by atoms with E-state index in [1.807, 2.05) is 61.5 Å². The number of para-hydroxylation sites is 1. The van der Waals surface area contributed by atoms with Gasteiger partial charge < -0.3 is 4.74 Å². The van der Waals surface area contributed by atoms with Gasteiger partial charge in [0, 0.05) is 5.69 Å². The molecule has 0 N–H and O–H groups in total. The Kier molecular flexibility index (Phi) is 4.51. The molecule has 5 nitrogen and oxygen atoms in total. The molecule has 0 saturated carbocycles. The first-order valence-corrected chi connectivity index (χ1v) is 7.97. The van der Waals surface area contributed by atoms with Gasteiger partial charge in [-0.25, -0.2) is 4.79 Å². The number of ether oxygens (including phenoxy) is 1. The standard InChI is InChI=1S/C19H20N2O3/c1-14-8-10-16(11-9-14)21-15(2)18(22)20(19(21)23)12-13-24-17-6-4-3-5-7-17/h3-11,15H,12-13H2,1-2H3. The molecule has 5 heteroatoms. The molecule has 0 bridgehead atoms. The van der Waals surface area contributed by atoms with Crippen molar-refractivity contribution in [2.24, 2.45) is 0 Å². The molecule has 24 heavy (non-hydrogen) atoms. The Bertz CT molecular complexity index is 728. The Morgan fingerprint density at radius 1 is 1.00 bits per heavy atom. The van der Waals surface area contributed by atoms with Crippen molar-refractivity contribution in [3.8, 4) is 5.75 Å². The highest BCUT2D eigenvalue weighted by molar-refractivity contribution is 6.14. The lowest BCUT2D eigenvalue weighted by Gasteiger charge is -2.19. The lowest BCUT2D eigenvalue weighted by Crippen LogP contribution is -2.36. The number of carbonyl (C=O) groups excluding carboxylic acids is 2. The summed E-state index contributed by atoms with van der Waals surface area (Å²) in [6, 6.07) is 16.1. The summed E-state index contributed by atoms with van der Waals surface area (Å²) in [6.45, 7) is 4.24. The zero-order valence-corrected chi connectivity index (χ0v) is 13.8. The second-order valence-corrected chi connectivity index (χ2v) is 5.82. The predicted molar refractivity (Wildman–Crippen MR) is 92.2 cm³/mol. The van der Waals surface area contributed by atoms with Gasteiger partial charge in [-0.3, -0.25) is 14.6 Å². The number of hydrogen-bond donors (Lipinski definition) is 0. The van der Waals surface area contributed by atoms with Gasteiger partial charge in [-0.05, 0) is 38.1 Å². The average molecular weight is 324 g/mol. The molecule has 0 spiro atoms. The topological polar surface area (TPSA) is 49.9 Å². The third-order valence-electron chi connectivity index (χ3n) is 4.09. The Hall–Kier alpha value is -2.82. The van der Waals surface area contributed by atoms with Gasteiger partial charge in [0.25, 0.3) is 5.91 Å². The second-order valence-electron chi connectivity index (χ2n) is 5.82. The number of imide groups is 1. The van der Waals surface area contributed by atoms with Gasteiger partial charge in [-0.2, -0.15) is 0 Å². The monoisotopic (exact) mass is 324 g/mol. The zero-order chi connectivity index (χ0) is 17.1. The molecule has 1 fully saturated rings. The van der Waals surface area contributed by atoms with Crippen LogP contribution in [0.15, 0.2) is 54.6 Å². The number of aryl methyl sites for hydroxylation is 1. The van der Waals surface area contributed by atoms with Crippen molar-refractivity contribution in [1.82, 2.24) is 4.90 Å². The molecule has 3 amide bonds. The molecule has 124 valence electrons. The number of rotatable bonds is 5. The van der Waals surface area contributed by atoms with Gasteiger partial charge in [0.1, 0.15) is 18.4 Å². The van der Waals surface area contributed by atoms with Crippen LogP contribution in [0.1, 0.15) is 12.5 Å². The number of amides is 3. The fourth-order valence-corrected chi connectivity index (χ4v) is 2.74. The quantitative estimate of drug-likeness (QED) is 0.794. The summed E-state index contributed by atoms with van der Waals surface area (Å²) in [6.07, 6.45) is 0. The lowest BCUT2D eigenvalue weighted by atomic mass is 10.2. The number of nitrogens with zero attached hydrogens (tertiary/aromatic N) is 2. The van der Waals surface area contributed by atoms with Crippen LogP contribution in [0.2, 0.25) is 0 Å². The first kappa shape index (κ1) is 16.1. The summed E-state index contributed by atoms with van der Waals surface area (Å²) in [5.41, 5.74) is 1.84. The maximum atomic E-state index is 12.6. The largest absolute Gasteiger partial charge is 0.492 e. The van der Waals surface area contributed by atoms with E-state index < -0.39 is 6.04 Å². The molecular formula is C19H20N2O3. The van der Waals surface area contributed by atoms with Crippen molar-refractivity contribution >= 4 is 17.6 Å². The summed E-state index contributed by atoms with van der Waals surface area (Å²) < 4.78 is 5.59. The van der Waals surface area contributed by atoms with E-state index >= 15 is 0 Å². The van der Waals surface area contributed by atoms with Crippen molar-refractivity contribution in [1.29, 1.82) is 0 Å². The molecule has 2 aromatic rings. The van der Waals surface area contributed by atoms with Gasteiger partial charge in [0.15, 0.2) is 0 Å². The lowest BCUT2D eigenvalue weighted by molar-refractivity contribution is -0.127. The van der Waals surface area contributed by atoms with Crippen LogP contribution in [0.25, 0.3) is 0 Å². The van der Waals surface area contributed by atoms with Crippen molar-refractivity contribution in [3.63, 3.8) is 0 Å². The van der Waals surface area contributed by atoms with E-state index in [-0.39, 0.29) is 25.1 Å². The van der Waals surface area contributed by atoms with Gasteiger partial charge in [-0.15, -0.1) is 0 Å². The number of carbonyl (C=O) groups is 2. The highest BCUT2D eigenvalue weighted by Gasteiger charge is 2.42. The summed E-state index contributed by atoms with van der Waals surface area (Å²) >= 11 is 0. The van der Waals surface area contributed by atoms with Crippen LogP contribution < -0.4 is 9.64 Å². The van der Waals surface area contributed by atoms with Crippen molar-refractivity contribution in [2.45, 2.75) is 19.9 Å². The number of benzene rings is 2. The van der Waals surface area contributed by atoms with E-state index in [4.69, 9.17) is 4.74 Å². The highest BCUT2D eigenvalue weighted by atomic mass is 16.5. The molecule has 0 radical (unpaired) electrons. The third kappa shape index (κ3) is 3.11. The molecule has 1 unspecified atom stereocenters. The van der Waals surface area contributed by atoms with Crippen LogP contribution in [0, 0.1) is 6.92 Å². The van der Waals surface area contributed by atoms with Crippen LogP contribution in [0.5, 0.6) is 5.75 Å². The number of hydrogen-bond acceptors (Lipinski definition) is 3. The van der Waals surface area contributed by atoms with E-state index in [0.717, 1.165) is 17.0 Å². The van der Waals surface area contributed by atoms with Gasteiger partial charge in [0.05, 0.1) is 6.54 Å². The van der Waals surface area contributed by atoms with Gasteiger partial charge in [0.2, 0.25) is 0 Å². The molecule has 1 heterocycles. The molecule has 1 aliphatic heterocycles. The second kappa shape index (κ2) is 6.74. The fraction of sp³-hybridized carbons (Fsp3) is 0.263. The maximum absolute atomic E-state index is 12.6. The van der Waals surface area contributed by atoms with E-state index in [9.17, 15) is 9.59 Å². The summed E-state index contributed by atoms with van der Waals surface area (Å²) in [5, 5.41) is 0. The van der Waals surface area contributed by atoms with E-state index in [1.54, 1.807) is 6.92 Å². The summed E-state index contributed by atoms with van der Waals surface area (Å²) in [5.74, 6) is 0.525. The van der Waals surface area contributed by atoms with E-state index in [0.29, 0.717) is 0 Å². The molecule has 0 aliphatic carbocycles. The van der Waals surface area contributed by atoms with Crippen molar-refractivity contribution in [2.75, 3.05) is 18.1 Å². The Balaban J connectivity index is 1.67. The Labute approximate surface area is 141 Å². The summed E-state index contributed by atoms with van der Waals surface area (Å²) in [4.78, 5) is 27.8.